The number of hydrogen-bond donors (Lipinski definition) is 2. The average Bonchev–Trinajstić information content (AvgIpc) is 3.12. The number of anilines is 1. The van der Waals surface area contributed by atoms with E-state index < -0.39 is 11.5 Å². The summed E-state index contributed by atoms with van der Waals surface area (Å²) in [6.07, 6.45) is 0. The van der Waals surface area contributed by atoms with Gasteiger partial charge in [-0.25, -0.2) is 0 Å². The molecular weight excluding hydrogens is 417 g/mol. The van der Waals surface area contributed by atoms with E-state index in [4.69, 9.17) is 27.9 Å². The minimum Gasteiger partial charge on any atom is -0.497 e. The van der Waals surface area contributed by atoms with E-state index in [2.05, 4.69) is 20.4 Å². The molecule has 2 aromatic heterocycles. The molecule has 0 saturated carbocycles. The topological polar surface area (TPSA) is 101 Å². The number of rotatable bonds is 4. The third-order valence-electron chi connectivity index (χ3n) is 4.10. The van der Waals surface area contributed by atoms with Gasteiger partial charge in [-0.2, -0.15) is 9.50 Å². The number of nitrogens with zero attached hydrogens (tertiary/aromatic N) is 3. The molecule has 0 aliphatic carbocycles. The number of nitrogens with one attached hydrogen (secondary N) is 2. The largest absolute Gasteiger partial charge is 0.497 e. The van der Waals surface area contributed by atoms with Crippen molar-refractivity contribution < 1.29 is 9.53 Å². The van der Waals surface area contributed by atoms with Crippen LogP contribution < -0.4 is 15.6 Å². The highest BCUT2D eigenvalue weighted by Crippen LogP contribution is 2.23. The summed E-state index contributed by atoms with van der Waals surface area (Å²) in [5.74, 6) is 0.876. The lowest BCUT2D eigenvalue weighted by Gasteiger charge is -2.07. The number of benzene rings is 2. The predicted molar refractivity (Wildman–Crippen MR) is 110 cm³/mol. The van der Waals surface area contributed by atoms with Crippen molar-refractivity contribution in [2.75, 3.05) is 12.4 Å². The predicted octanol–water partition coefficient (Wildman–Crippen LogP) is 3.65. The fourth-order valence-electron chi connectivity index (χ4n) is 2.70. The first-order valence-electron chi connectivity index (χ1n) is 8.35. The van der Waals surface area contributed by atoms with Crippen LogP contribution in [0.4, 0.5) is 5.82 Å². The van der Waals surface area contributed by atoms with Crippen molar-refractivity contribution in [3.05, 3.63) is 74.5 Å². The van der Waals surface area contributed by atoms with Crippen LogP contribution in [0, 0.1) is 0 Å². The van der Waals surface area contributed by atoms with E-state index in [0.29, 0.717) is 22.2 Å². The van der Waals surface area contributed by atoms with E-state index in [-0.39, 0.29) is 22.2 Å². The van der Waals surface area contributed by atoms with Crippen LogP contribution in [-0.4, -0.2) is 32.6 Å². The molecule has 0 saturated heterocycles. The fourth-order valence-corrected chi connectivity index (χ4v) is 3.20. The average molecular weight is 430 g/mol. The van der Waals surface area contributed by atoms with Gasteiger partial charge in [0.15, 0.2) is 5.82 Å². The van der Waals surface area contributed by atoms with Crippen molar-refractivity contribution in [1.82, 2.24) is 19.6 Å². The molecule has 2 aromatic carbocycles. The summed E-state index contributed by atoms with van der Waals surface area (Å²) in [6, 6.07) is 12.8. The van der Waals surface area contributed by atoms with Gasteiger partial charge >= 0.3 is 0 Å². The number of hydrogen-bond acceptors (Lipinski definition) is 5. The van der Waals surface area contributed by atoms with Crippen molar-refractivity contribution in [2.24, 2.45) is 0 Å². The zero-order valence-electron chi connectivity index (χ0n) is 14.9. The summed E-state index contributed by atoms with van der Waals surface area (Å²) in [5, 5.41) is 7.62. The standard InChI is InChI=1S/C19H13Cl2N5O3/c1-29-12-5-2-10(3-6-12)17-24-19-23-16(27)9-15(26(19)25-17)22-18(28)13-7-4-11(20)8-14(13)21/h2-9H,1H3,(H,22,28)(H,23,24,25,27). The van der Waals surface area contributed by atoms with E-state index in [9.17, 15) is 9.59 Å². The summed E-state index contributed by atoms with van der Waals surface area (Å²) in [6.45, 7) is 0. The van der Waals surface area contributed by atoms with Crippen LogP contribution in [-0.2, 0) is 0 Å². The maximum atomic E-state index is 12.6. The molecule has 10 heteroatoms. The van der Waals surface area contributed by atoms with Crippen molar-refractivity contribution >= 4 is 40.7 Å². The quantitative estimate of drug-likeness (QED) is 0.515. The Morgan fingerprint density at radius 3 is 2.59 bits per heavy atom. The van der Waals surface area contributed by atoms with Gasteiger partial charge in [-0.05, 0) is 42.5 Å². The number of H-pyrrole nitrogens is 1. The smallest absolute Gasteiger partial charge is 0.258 e. The van der Waals surface area contributed by atoms with E-state index in [0.717, 1.165) is 0 Å². The van der Waals surface area contributed by atoms with E-state index >= 15 is 0 Å². The monoisotopic (exact) mass is 429 g/mol. The van der Waals surface area contributed by atoms with Gasteiger partial charge in [0.05, 0.1) is 17.7 Å². The highest BCUT2D eigenvalue weighted by atomic mass is 35.5. The zero-order chi connectivity index (χ0) is 20.5. The molecule has 4 rings (SSSR count). The van der Waals surface area contributed by atoms with Gasteiger partial charge in [-0.1, -0.05) is 23.2 Å². The molecule has 0 radical (unpaired) electrons. The van der Waals surface area contributed by atoms with Crippen molar-refractivity contribution in [3.63, 3.8) is 0 Å². The number of methoxy groups -OCH3 is 1. The molecule has 0 bridgehead atoms. The van der Waals surface area contributed by atoms with Gasteiger partial charge in [0.1, 0.15) is 11.6 Å². The third-order valence-corrected chi connectivity index (χ3v) is 4.65. The van der Waals surface area contributed by atoms with Crippen LogP contribution in [0.3, 0.4) is 0 Å². The number of ether oxygens (including phenoxy) is 1. The van der Waals surface area contributed by atoms with Crippen LogP contribution in [0.5, 0.6) is 5.75 Å². The lowest BCUT2D eigenvalue weighted by Crippen LogP contribution is -2.19. The molecule has 2 heterocycles. The highest BCUT2D eigenvalue weighted by molar-refractivity contribution is 6.37. The molecule has 0 unspecified atom stereocenters. The van der Waals surface area contributed by atoms with E-state index in [1.54, 1.807) is 37.4 Å². The number of carbonyl (C=O) groups is 1. The molecule has 1 amide bonds. The Balaban J connectivity index is 1.73. The summed E-state index contributed by atoms with van der Waals surface area (Å²) in [5.41, 5.74) is 0.483. The van der Waals surface area contributed by atoms with Crippen molar-refractivity contribution in [1.29, 1.82) is 0 Å². The molecule has 0 fully saturated rings. The van der Waals surface area contributed by atoms with Gasteiger partial charge in [0, 0.05) is 16.7 Å². The molecule has 29 heavy (non-hydrogen) atoms. The normalized spacial score (nSPS) is 10.9. The van der Waals surface area contributed by atoms with Crippen LogP contribution in [0.2, 0.25) is 10.0 Å². The molecule has 0 aliphatic rings. The molecular formula is C19H13Cl2N5O3. The number of carbonyl (C=O) groups excluding carboxylic acids is 1. The lowest BCUT2D eigenvalue weighted by atomic mass is 10.2. The Hall–Kier alpha value is -3.36. The molecule has 146 valence electrons. The minimum absolute atomic E-state index is 0.145. The number of fused-ring (bicyclic) bond motifs is 1. The van der Waals surface area contributed by atoms with Gasteiger partial charge in [-0.15, -0.1) is 5.10 Å². The molecule has 4 aromatic rings. The summed E-state index contributed by atoms with van der Waals surface area (Å²) >= 11 is 12.0. The molecule has 8 nitrogen and oxygen atoms in total. The van der Waals surface area contributed by atoms with Crippen molar-refractivity contribution in [2.45, 2.75) is 0 Å². The first kappa shape index (κ1) is 19.0. The third kappa shape index (κ3) is 3.80. The first-order valence-corrected chi connectivity index (χ1v) is 9.11. The molecule has 0 atom stereocenters. The van der Waals surface area contributed by atoms with Gasteiger partial charge < -0.3 is 10.1 Å². The van der Waals surface area contributed by atoms with Gasteiger partial charge in [-0.3, -0.25) is 14.6 Å². The Morgan fingerprint density at radius 1 is 1.14 bits per heavy atom. The fraction of sp³-hybridized carbons (Fsp3) is 0.0526. The number of amides is 1. The second-order valence-corrected chi connectivity index (χ2v) is 6.84. The lowest BCUT2D eigenvalue weighted by molar-refractivity contribution is 0.102. The van der Waals surface area contributed by atoms with Crippen LogP contribution in [0.25, 0.3) is 17.2 Å². The summed E-state index contributed by atoms with van der Waals surface area (Å²) in [7, 11) is 1.57. The Morgan fingerprint density at radius 2 is 1.90 bits per heavy atom. The second kappa shape index (κ2) is 7.57. The Kier molecular flexibility index (Phi) is 4.96. The van der Waals surface area contributed by atoms with Crippen molar-refractivity contribution in [3.8, 4) is 17.1 Å². The highest BCUT2D eigenvalue weighted by Gasteiger charge is 2.16. The number of aromatic nitrogens is 4. The first-order chi connectivity index (χ1) is 13.9. The SMILES string of the molecule is COc1ccc(-c2nc3[nH]c(=O)cc(NC(=O)c4ccc(Cl)cc4Cl)n3n2)cc1. The van der Waals surface area contributed by atoms with Crippen LogP contribution in [0.1, 0.15) is 10.4 Å². The molecule has 0 aliphatic heterocycles. The summed E-state index contributed by atoms with van der Waals surface area (Å²) in [4.78, 5) is 31.6. The Labute approximate surface area is 174 Å². The van der Waals surface area contributed by atoms with Crippen LogP contribution >= 0.6 is 23.2 Å². The van der Waals surface area contributed by atoms with Gasteiger partial charge in [0.25, 0.3) is 11.5 Å². The van der Waals surface area contributed by atoms with Crippen LogP contribution in [0.15, 0.2) is 53.3 Å². The maximum Gasteiger partial charge on any atom is 0.258 e. The Bertz CT molecular complexity index is 1280. The zero-order valence-corrected chi connectivity index (χ0v) is 16.5. The summed E-state index contributed by atoms with van der Waals surface area (Å²) < 4.78 is 6.48. The molecule has 0 spiro atoms. The maximum absolute atomic E-state index is 12.6. The minimum atomic E-state index is -0.514. The number of aromatic amines is 1. The molecule has 2 N–H and O–H groups in total. The van der Waals surface area contributed by atoms with E-state index in [1.807, 2.05) is 0 Å². The van der Waals surface area contributed by atoms with Gasteiger partial charge in [0.2, 0.25) is 5.78 Å². The second-order valence-electron chi connectivity index (χ2n) is 6.00. The number of halogens is 2. The van der Waals surface area contributed by atoms with E-state index in [1.165, 1.54) is 22.7 Å².